The van der Waals surface area contributed by atoms with E-state index in [1.54, 1.807) is 12.1 Å². The first kappa shape index (κ1) is 18.2. The number of hydrogen-bond acceptors (Lipinski definition) is 6. The lowest BCUT2D eigenvalue weighted by Crippen LogP contribution is -2.48. The number of aromatic nitrogens is 1. The Morgan fingerprint density at radius 1 is 1.24 bits per heavy atom. The highest BCUT2D eigenvalue weighted by Gasteiger charge is 2.31. The number of ether oxygens (including phenoxy) is 1. The molecule has 1 aliphatic rings. The Labute approximate surface area is 152 Å². The summed E-state index contributed by atoms with van der Waals surface area (Å²) >= 11 is 5.97. The fourth-order valence-electron chi connectivity index (χ4n) is 2.84. The Hall–Kier alpha value is -1.61. The van der Waals surface area contributed by atoms with Crippen molar-refractivity contribution in [3.8, 4) is 5.75 Å². The number of aryl methyl sites for hydroxylation is 1. The number of methoxy groups -OCH3 is 1. The van der Waals surface area contributed by atoms with Crippen molar-refractivity contribution >= 4 is 21.6 Å². The van der Waals surface area contributed by atoms with E-state index in [1.165, 1.54) is 17.5 Å². The van der Waals surface area contributed by atoms with Crippen LogP contribution < -0.4 is 4.74 Å². The second kappa shape index (κ2) is 7.33. The van der Waals surface area contributed by atoms with Gasteiger partial charge in [-0.25, -0.2) is 8.42 Å². The third-order valence-electron chi connectivity index (χ3n) is 4.14. The van der Waals surface area contributed by atoms with Crippen molar-refractivity contribution < 1.29 is 17.7 Å². The maximum atomic E-state index is 12.9. The lowest BCUT2D eigenvalue weighted by atomic mass is 10.3. The molecular formula is C16H20ClN3O4S. The fourth-order valence-corrected chi connectivity index (χ4v) is 4.68. The van der Waals surface area contributed by atoms with E-state index in [9.17, 15) is 8.42 Å². The van der Waals surface area contributed by atoms with Gasteiger partial charge in [0.05, 0.1) is 12.8 Å². The van der Waals surface area contributed by atoms with Gasteiger partial charge in [-0.05, 0) is 25.1 Å². The average Bonchev–Trinajstić information content (AvgIpc) is 3.00. The van der Waals surface area contributed by atoms with E-state index >= 15 is 0 Å². The monoisotopic (exact) mass is 385 g/mol. The zero-order valence-corrected chi connectivity index (χ0v) is 15.7. The summed E-state index contributed by atoms with van der Waals surface area (Å²) < 4.78 is 37.6. The van der Waals surface area contributed by atoms with Crippen LogP contribution in [0, 0.1) is 6.92 Å². The molecule has 1 fully saturated rings. The zero-order valence-electron chi connectivity index (χ0n) is 14.1. The molecule has 0 unspecified atom stereocenters. The molecule has 9 heteroatoms. The van der Waals surface area contributed by atoms with Gasteiger partial charge >= 0.3 is 0 Å². The van der Waals surface area contributed by atoms with Crippen molar-refractivity contribution in [3.05, 3.63) is 40.7 Å². The summed E-state index contributed by atoms with van der Waals surface area (Å²) in [7, 11) is -2.21. The number of halogens is 1. The maximum Gasteiger partial charge on any atom is 0.246 e. The van der Waals surface area contributed by atoms with Gasteiger partial charge < -0.3 is 9.26 Å². The molecule has 0 N–H and O–H groups in total. The second-order valence-electron chi connectivity index (χ2n) is 5.90. The molecule has 1 aromatic heterocycles. The Kier molecular flexibility index (Phi) is 5.33. The molecule has 2 heterocycles. The summed E-state index contributed by atoms with van der Waals surface area (Å²) in [5.41, 5.74) is 0.852. The van der Waals surface area contributed by atoms with Gasteiger partial charge in [0.15, 0.2) is 0 Å². The minimum atomic E-state index is -3.66. The van der Waals surface area contributed by atoms with E-state index in [0.717, 1.165) is 11.5 Å². The van der Waals surface area contributed by atoms with Crippen LogP contribution in [0.25, 0.3) is 0 Å². The Morgan fingerprint density at radius 2 is 1.96 bits per heavy atom. The summed E-state index contributed by atoms with van der Waals surface area (Å²) in [5, 5.41) is 4.34. The number of rotatable bonds is 5. The first-order valence-electron chi connectivity index (χ1n) is 7.88. The molecule has 0 saturated carbocycles. The molecule has 3 rings (SSSR count). The predicted octanol–water partition coefficient (Wildman–Crippen LogP) is 2.15. The molecule has 0 radical (unpaired) electrons. The van der Waals surface area contributed by atoms with Crippen molar-refractivity contribution in [2.24, 2.45) is 0 Å². The SMILES string of the molecule is COc1ccc(Cl)cc1S(=O)(=O)N1CCN(Cc2cc(C)on2)CC1. The summed E-state index contributed by atoms with van der Waals surface area (Å²) in [5.74, 6) is 1.06. The van der Waals surface area contributed by atoms with Gasteiger partial charge in [-0.1, -0.05) is 16.8 Å². The van der Waals surface area contributed by atoms with E-state index in [4.69, 9.17) is 20.9 Å². The van der Waals surface area contributed by atoms with E-state index < -0.39 is 10.0 Å². The first-order chi connectivity index (χ1) is 11.9. The first-order valence-corrected chi connectivity index (χ1v) is 9.70. The average molecular weight is 386 g/mol. The van der Waals surface area contributed by atoms with E-state index in [-0.39, 0.29) is 4.90 Å². The minimum absolute atomic E-state index is 0.100. The lowest BCUT2D eigenvalue weighted by Gasteiger charge is -2.33. The van der Waals surface area contributed by atoms with Crippen molar-refractivity contribution in [1.29, 1.82) is 0 Å². The summed E-state index contributed by atoms with van der Waals surface area (Å²) in [6, 6.07) is 6.50. The standard InChI is InChI=1S/C16H20ClN3O4S/c1-12-9-14(18-24-12)11-19-5-7-20(8-6-19)25(21,22)16-10-13(17)3-4-15(16)23-2/h3-4,9-10H,5-8,11H2,1-2H3. The van der Waals surface area contributed by atoms with E-state index in [1.807, 2.05) is 13.0 Å². The quantitative estimate of drug-likeness (QED) is 0.785. The smallest absolute Gasteiger partial charge is 0.246 e. The van der Waals surface area contributed by atoms with Crippen LogP contribution in [-0.4, -0.2) is 56.1 Å². The summed E-state index contributed by atoms with van der Waals surface area (Å²) in [6.45, 7) is 4.52. The highest BCUT2D eigenvalue weighted by atomic mass is 35.5. The van der Waals surface area contributed by atoms with Gasteiger partial charge in [-0.15, -0.1) is 0 Å². The molecule has 0 atom stereocenters. The van der Waals surface area contributed by atoms with Gasteiger partial charge in [-0.2, -0.15) is 4.31 Å². The van der Waals surface area contributed by atoms with Crippen LogP contribution in [0.2, 0.25) is 5.02 Å². The molecule has 0 amide bonds. The van der Waals surface area contributed by atoms with Crippen LogP contribution in [0.15, 0.2) is 33.7 Å². The van der Waals surface area contributed by atoms with Crippen LogP contribution in [0.3, 0.4) is 0 Å². The van der Waals surface area contributed by atoms with Gasteiger partial charge in [0.2, 0.25) is 10.0 Å². The van der Waals surface area contributed by atoms with Gasteiger partial charge in [0, 0.05) is 43.8 Å². The minimum Gasteiger partial charge on any atom is -0.495 e. The Morgan fingerprint density at radius 3 is 2.56 bits per heavy atom. The van der Waals surface area contributed by atoms with Crippen LogP contribution in [0.4, 0.5) is 0 Å². The van der Waals surface area contributed by atoms with Crippen molar-refractivity contribution in [3.63, 3.8) is 0 Å². The third kappa shape index (κ3) is 3.98. The van der Waals surface area contributed by atoms with Crippen LogP contribution >= 0.6 is 11.6 Å². The van der Waals surface area contributed by atoms with E-state index in [2.05, 4.69) is 10.1 Å². The Bertz CT molecular complexity index is 845. The topological polar surface area (TPSA) is 75.9 Å². The molecule has 25 heavy (non-hydrogen) atoms. The van der Waals surface area contributed by atoms with E-state index in [0.29, 0.717) is 43.5 Å². The van der Waals surface area contributed by atoms with Crippen LogP contribution in [-0.2, 0) is 16.6 Å². The zero-order chi connectivity index (χ0) is 18.0. The number of nitrogens with zero attached hydrogens (tertiary/aromatic N) is 3. The predicted molar refractivity (Wildman–Crippen MR) is 93.3 cm³/mol. The highest BCUT2D eigenvalue weighted by molar-refractivity contribution is 7.89. The third-order valence-corrected chi connectivity index (χ3v) is 6.29. The van der Waals surface area contributed by atoms with Gasteiger partial charge in [0.1, 0.15) is 16.4 Å². The number of sulfonamides is 1. The molecule has 1 saturated heterocycles. The molecule has 1 aromatic carbocycles. The highest BCUT2D eigenvalue weighted by Crippen LogP contribution is 2.30. The molecule has 1 aliphatic heterocycles. The summed E-state index contributed by atoms with van der Waals surface area (Å²) in [6.07, 6.45) is 0. The number of benzene rings is 1. The van der Waals surface area contributed by atoms with Gasteiger partial charge in [0.25, 0.3) is 0 Å². The molecule has 0 aliphatic carbocycles. The largest absolute Gasteiger partial charge is 0.495 e. The van der Waals surface area contributed by atoms with Crippen LogP contribution in [0.1, 0.15) is 11.5 Å². The normalized spacial score (nSPS) is 16.9. The molecule has 136 valence electrons. The van der Waals surface area contributed by atoms with Gasteiger partial charge in [-0.3, -0.25) is 4.90 Å². The number of hydrogen-bond donors (Lipinski definition) is 0. The molecule has 0 bridgehead atoms. The lowest BCUT2D eigenvalue weighted by molar-refractivity contribution is 0.177. The number of piperazine rings is 1. The maximum absolute atomic E-state index is 12.9. The Balaban J connectivity index is 1.70. The second-order valence-corrected chi connectivity index (χ2v) is 8.25. The summed E-state index contributed by atoms with van der Waals surface area (Å²) in [4.78, 5) is 2.25. The molecule has 2 aromatic rings. The molecule has 7 nitrogen and oxygen atoms in total. The molecular weight excluding hydrogens is 366 g/mol. The van der Waals surface area contributed by atoms with Crippen molar-refractivity contribution in [2.45, 2.75) is 18.4 Å². The van der Waals surface area contributed by atoms with Crippen molar-refractivity contribution in [1.82, 2.24) is 14.4 Å². The van der Waals surface area contributed by atoms with Crippen LogP contribution in [0.5, 0.6) is 5.75 Å². The molecule has 0 spiro atoms. The fraction of sp³-hybridized carbons (Fsp3) is 0.438. The van der Waals surface area contributed by atoms with Crippen molar-refractivity contribution in [2.75, 3.05) is 33.3 Å².